The van der Waals surface area contributed by atoms with Gasteiger partial charge >= 0.3 is 0 Å². The Labute approximate surface area is 110 Å². The minimum Gasteiger partial charge on any atom is -0.249 e. The Morgan fingerprint density at radius 1 is 0.684 bits per heavy atom. The Balaban J connectivity index is 2.20. The predicted octanol–water partition coefficient (Wildman–Crippen LogP) is -2.17. The fraction of sp³-hybridized carbons (Fsp3) is 0.333. The summed E-state index contributed by atoms with van der Waals surface area (Å²) in [7, 11) is 4.53. The summed E-state index contributed by atoms with van der Waals surface area (Å²) in [5.74, 6) is 0. The summed E-state index contributed by atoms with van der Waals surface area (Å²) in [4.78, 5) is 13.0. The minimum atomic E-state index is -1.03. The Morgan fingerprint density at radius 3 is 1.21 bits per heavy atom. The van der Waals surface area contributed by atoms with Crippen molar-refractivity contribution < 1.29 is 0 Å². The standard InChI is InChI=1S/C9H12N9P/c1-16-7(10-4-13-16)19(8-11-5-14-17(8)2)9-12-6-15-18(9)3/h4-6H,1-3H3. The predicted molar refractivity (Wildman–Crippen MR) is 68.8 cm³/mol. The summed E-state index contributed by atoms with van der Waals surface area (Å²) in [5.41, 5.74) is 2.42. The minimum absolute atomic E-state index is 0.808. The van der Waals surface area contributed by atoms with E-state index >= 15 is 0 Å². The van der Waals surface area contributed by atoms with E-state index in [4.69, 9.17) is 0 Å². The first-order valence-corrected chi connectivity index (χ1v) is 6.84. The van der Waals surface area contributed by atoms with Gasteiger partial charge in [-0.1, -0.05) is 0 Å². The van der Waals surface area contributed by atoms with E-state index in [-0.39, 0.29) is 0 Å². The molecule has 3 aromatic heterocycles. The van der Waals surface area contributed by atoms with Gasteiger partial charge in [-0.2, -0.15) is 15.3 Å². The van der Waals surface area contributed by atoms with E-state index in [9.17, 15) is 0 Å². The van der Waals surface area contributed by atoms with E-state index in [2.05, 4.69) is 30.2 Å². The molecule has 0 aliphatic rings. The van der Waals surface area contributed by atoms with E-state index in [1.54, 1.807) is 14.0 Å². The first-order valence-electron chi connectivity index (χ1n) is 5.50. The van der Waals surface area contributed by atoms with Crippen LogP contribution in [0.25, 0.3) is 0 Å². The molecule has 0 bridgehead atoms. The molecule has 0 aliphatic carbocycles. The Morgan fingerprint density at radius 2 is 1.00 bits per heavy atom. The molecule has 0 aromatic carbocycles. The summed E-state index contributed by atoms with van der Waals surface area (Å²) in [6.45, 7) is 0. The molecular weight excluding hydrogens is 265 g/mol. The topological polar surface area (TPSA) is 92.1 Å². The Hall–Kier alpha value is -2.15. The molecule has 9 nitrogen and oxygen atoms in total. The first-order chi connectivity index (χ1) is 9.18. The quantitative estimate of drug-likeness (QED) is 0.506. The number of hydrogen-bond donors (Lipinski definition) is 0. The molecule has 3 aromatic rings. The van der Waals surface area contributed by atoms with E-state index in [0.29, 0.717) is 0 Å². The second-order valence-corrected chi connectivity index (χ2v) is 5.76. The highest BCUT2D eigenvalue weighted by molar-refractivity contribution is 7.78. The second-order valence-electron chi connectivity index (χ2n) is 3.89. The molecular formula is C9H12N9P. The molecule has 0 aliphatic heterocycles. The Bertz CT molecular complexity index is 600. The van der Waals surface area contributed by atoms with Crippen LogP contribution >= 0.6 is 7.92 Å². The van der Waals surface area contributed by atoms with Gasteiger partial charge in [-0.05, 0) is 0 Å². The van der Waals surface area contributed by atoms with Gasteiger partial charge < -0.3 is 0 Å². The van der Waals surface area contributed by atoms with Gasteiger partial charge in [0, 0.05) is 21.1 Å². The van der Waals surface area contributed by atoms with Crippen LogP contribution in [-0.4, -0.2) is 44.3 Å². The van der Waals surface area contributed by atoms with Crippen molar-refractivity contribution in [1.29, 1.82) is 0 Å². The maximum absolute atomic E-state index is 4.33. The monoisotopic (exact) mass is 277 g/mol. The number of rotatable bonds is 3. The third kappa shape index (κ3) is 1.91. The molecule has 0 atom stereocenters. The molecule has 3 rings (SSSR count). The fourth-order valence-electron chi connectivity index (χ4n) is 1.75. The molecule has 0 saturated carbocycles. The van der Waals surface area contributed by atoms with E-state index in [1.807, 2.05) is 21.1 Å². The van der Waals surface area contributed by atoms with Gasteiger partial charge in [0.05, 0.1) is 0 Å². The van der Waals surface area contributed by atoms with Crippen molar-refractivity contribution in [2.24, 2.45) is 21.1 Å². The lowest BCUT2D eigenvalue weighted by Gasteiger charge is -2.14. The average molecular weight is 277 g/mol. The van der Waals surface area contributed by atoms with Crippen molar-refractivity contribution in [3.63, 3.8) is 0 Å². The molecule has 0 radical (unpaired) electrons. The molecule has 0 N–H and O–H groups in total. The van der Waals surface area contributed by atoms with Crippen LogP contribution in [0.3, 0.4) is 0 Å². The zero-order chi connectivity index (χ0) is 13.4. The lowest BCUT2D eigenvalue weighted by atomic mass is 11.1. The largest absolute Gasteiger partial charge is 0.249 e. The SMILES string of the molecule is Cn1ncnc1P(c1ncnn1C)c1ncnn1C. The molecule has 19 heavy (non-hydrogen) atoms. The Kier molecular flexibility index (Phi) is 2.83. The zero-order valence-corrected chi connectivity index (χ0v) is 11.6. The number of aryl methyl sites for hydroxylation is 3. The highest BCUT2D eigenvalue weighted by atomic mass is 31.1. The van der Waals surface area contributed by atoms with Gasteiger partial charge in [-0.25, -0.2) is 29.0 Å². The number of aromatic nitrogens is 9. The molecule has 0 unspecified atom stereocenters. The molecule has 0 spiro atoms. The van der Waals surface area contributed by atoms with Crippen LogP contribution in [0.2, 0.25) is 0 Å². The maximum Gasteiger partial charge on any atom is 0.164 e. The van der Waals surface area contributed by atoms with E-state index < -0.39 is 7.92 Å². The van der Waals surface area contributed by atoms with Crippen molar-refractivity contribution in [2.45, 2.75) is 0 Å². The third-order valence-corrected chi connectivity index (χ3v) is 5.08. The van der Waals surface area contributed by atoms with Crippen LogP contribution in [0.15, 0.2) is 19.0 Å². The molecule has 0 saturated heterocycles. The summed E-state index contributed by atoms with van der Waals surface area (Å²) < 4.78 is 5.19. The zero-order valence-electron chi connectivity index (χ0n) is 10.7. The molecule has 98 valence electrons. The van der Waals surface area contributed by atoms with Gasteiger partial charge in [0.15, 0.2) is 16.7 Å². The molecule has 0 fully saturated rings. The lowest BCUT2D eigenvalue weighted by molar-refractivity contribution is 0.777. The molecule has 3 heterocycles. The normalized spacial score (nSPS) is 11.4. The highest BCUT2D eigenvalue weighted by Crippen LogP contribution is 2.28. The maximum atomic E-state index is 4.33. The highest BCUT2D eigenvalue weighted by Gasteiger charge is 2.29. The van der Waals surface area contributed by atoms with Crippen LogP contribution < -0.4 is 16.7 Å². The van der Waals surface area contributed by atoms with Crippen LogP contribution in [-0.2, 0) is 21.1 Å². The van der Waals surface area contributed by atoms with Crippen molar-refractivity contribution >= 4 is 24.6 Å². The fourth-order valence-corrected chi connectivity index (χ4v) is 3.81. The van der Waals surface area contributed by atoms with Crippen LogP contribution in [0.1, 0.15) is 0 Å². The first kappa shape index (κ1) is 11.9. The smallest absolute Gasteiger partial charge is 0.164 e. The van der Waals surface area contributed by atoms with Gasteiger partial charge in [0.2, 0.25) is 0 Å². The van der Waals surface area contributed by atoms with Crippen molar-refractivity contribution in [3.05, 3.63) is 19.0 Å². The van der Waals surface area contributed by atoms with Crippen molar-refractivity contribution in [1.82, 2.24) is 44.3 Å². The van der Waals surface area contributed by atoms with Gasteiger partial charge in [-0.3, -0.25) is 0 Å². The van der Waals surface area contributed by atoms with E-state index in [1.165, 1.54) is 19.0 Å². The van der Waals surface area contributed by atoms with Gasteiger partial charge in [-0.15, -0.1) is 0 Å². The summed E-state index contributed by atoms with van der Waals surface area (Å²) in [6.07, 6.45) is 4.58. The van der Waals surface area contributed by atoms with Crippen molar-refractivity contribution in [2.75, 3.05) is 0 Å². The average Bonchev–Trinajstić information content (AvgIpc) is 3.07. The second kappa shape index (κ2) is 4.51. The van der Waals surface area contributed by atoms with Gasteiger partial charge in [0.1, 0.15) is 26.9 Å². The lowest BCUT2D eigenvalue weighted by Crippen LogP contribution is -2.35. The van der Waals surface area contributed by atoms with Crippen LogP contribution in [0.5, 0.6) is 0 Å². The van der Waals surface area contributed by atoms with Crippen molar-refractivity contribution in [3.8, 4) is 0 Å². The number of hydrogen-bond acceptors (Lipinski definition) is 6. The number of nitrogens with zero attached hydrogens (tertiary/aromatic N) is 9. The third-order valence-electron chi connectivity index (χ3n) is 2.66. The summed E-state index contributed by atoms with van der Waals surface area (Å²) in [6, 6.07) is 0. The molecule has 0 amide bonds. The molecule has 10 heteroatoms. The van der Waals surface area contributed by atoms with Gasteiger partial charge in [0.25, 0.3) is 0 Å². The van der Waals surface area contributed by atoms with E-state index in [0.717, 1.165) is 16.7 Å². The van der Waals surface area contributed by atoms with Crippen LogP contribution in [0, 0.1) is 0 Å². The summed E-state index contributed by atoms with van der Waals surface area (Å²) in [5, 5.41) is 12.4. The van der Waals surface area contributed by atoms with Crippen LogP contribution in [0.4, 0.5) is 0 Å². The summed E-state index contributed by atoms with van der Waals surface area (Å²) >= 11 is 0.